The number of nitrogens with one attached hydrogen (secondary N) is 1. The molecule has 1 saturated heterocycles. The number of nitrogens with zero attached hydrogens (tertiary/aromatic N) is 6. The number of aromatic nitrogens is 3. The van der Waals surface area contributed by atoms with Crippen LogP contribution in [0.25, 0.3) is 11.4 Å². The van der Waals surface area contributed by atoms with Gasteiger partial charge in [0.1, 0.15) is 11.3 Å². The van der Waals surface area contributed by atoms with Gasteiger partial charge in [-0.2, -0.15) is 0 Å². The van der Waals surface area contributed by atoms with Gasteiger partial charge in [0.15, 0.2) is 0 Å². The van der Waals surface area contributed by atoms with Crippen molar-refractivity contribution >= 4 is 29.5 Å². The summed E-state index contributed by atoms with van der Waals surface area (Å²) in [6.07, 6.45) is 3.96. The van der Waals surface area contributed by atoms with Crippen molar-refractivity contribution < 1.29 is 19.1 Å². The Labute approximate surface area is 316 Å². The Kier molecular flexibility index (Phi) is 10.3. The van der Waals surface area contributed by atoms with Crippen molar-refractivity contribution in [2.45, 2.75) is 64.5 Å². The fourth-order valence-electron chi connectivity index (χ4n) is 7.12. The van der Waals surface area contributed by atoms with Crippen LogP contribution in [-0.4, -0.2) is 92.5 Å². The van der Waals surface area contributed by atoms with E-state index in [1.807, 2.05) is 41.9 Å². The number of rotatable bonds is 7. The SMILES string of the molecule is CN1CCN(Cc2ccc(NC(=O)Cc3cccc(C#Cc4cnc(N)nc4-c4cc5c(n4C)CCN(C(=O)OC(C)(C)C)C5=O)c3)cc2C2CC2)CC1. The molecular formula is C42H48N8O4. The number of hydrogen-bond acceptors (Lipinski definition) is 9. The number of ether oxygens (including phenoxy) is 1. The van der Waals surface area contributed by atoms with Crippen LogP contribution < -0.4 is 11.1 Å². The molecule has 2 fully saturated rings. The standard InChI is InChI=1S/C42H48N8O4/c1-42(2,3)54-41(53)50-16-15-35-34(39(50)52)24-36(48(35)5)38-30(25-44-40(43)46-38)10-9-27-7-6-8-28(21-27)22-37(51)45-32-14-13-31(33(23-32)29-11-12-29)26-49-19-17-47(4)18-20-49/h6-8,13-14,21,23-25,29H,11-12,15-20,22,26H2,1-5H3,(H,45,51)(H2,43,44,46). The van der Waals surface area contributed by atoms with Gasteiger partial charge in [0.25, 0.3) is 5.91 Å². The molecule has 0 spiro atoms. The highest BCUT2D eigenvalue weighted by atomic mass is 16.6. The number of fused-ring (bicyclic) bond motifs is 1. The van der Waals surface area contributed by atoms with Crippen molar-refractivity contribution in [3.05, 3.63) is 93.8 Å². The summed E-state index contributed by atoms with van der Waals surface area (Å²) >= 11 is 0. The number of likely N-dealkylation sites (N-methyl/N-ethyl adjacent to an activating group) is 1. The van der Waals surface area contributed by atoms with E-state index >= 15 is 0 Å². The molecule has 0 atom stereocenters. The first-order valence-corrected chi connectivity index (χ1v) is 18.6. The molecule has 0 bridgehead atoms. The number of anilines is 2. The van der Waals surface area contributed by atoms with Gasteiger partial charge < -0.3 is 25.3 Å². The largest absolute Gasteiger partial charge is 0.443 e. The third-order valence-electron chi connectivity index (χ3n) is 10.1. The summed E-state index contributed by atoms with van der Waals surface area (Å²) in [6.45, 7) is 10.8. The maximum Gasteiger partial charge on any atom is 0.417 e. The van der Waals surface area contributed by atoms with Crippen LogP contribution >= 0.6 is 0 Å². The molecule has 12 nitrogen and oxygen atoms in total. The second kappa shape index (κ2) is 15.1. The minimum absolute atomic E-state index is 0.0679. The van der Waals surface area contributed by atoms with Gasteiger partial charge in [-0.1, -0.05) is 30.0 Å². The van der Waals surface area contributed by atoms with Gasteiger partial charge in [0.2, 0.25) is 11.9 Å². The molecule has 4 heterocycles. The van der Waals surface area contributed by atoms with E-state index in [0.717, 1.165) is 60.1 Å². The van der Waals surface area contributed by atoms with E-state index in [2.05, 4.69) is 56.1 Å². The summed E-state index contributed by atoms with van der Waals surface area (Å²) < 4.78 is 7.36. The zero-order chi connectivity index (χ0) is 38.1. The monoisotopic (exact) mass is 728 g/mol. The van der Waals surface area contributed by atoms with Crippen LogP contribution in [0.15, 0.2) is 54.7 Å². The minimum atomic E-state index is -0.728. The first-order chi connectivity index (χ1) is 25.8. The molecule has 7 rings (SSSR count). The van der Waals surface area contributed by atoms with Crippen LogP contribution in [0.2, 0.25) is 0 Å². The van der Waals surface area contributed by atoms with Crippen molar-refractivity contribution in [2.24, 2.45) is 7.05 Å². The Balaban J connectivity index is 1.05. The average molecular weight is 729 g/mol. The van der Waals surface area contributed by atoms with Crippen LogP contribution in [0, 0.1) is 11.8 Å². The molecule has 2 aliphatic heterocycles. The van der Waals surface area contributed by atoms with Crippen LogP contribution in [0.3, 0.4) is 0 Å². The molecule has 1 saturated carbocycles. The normalized spacial score (nSPS) is 16.4. The van der Waals surface area contributed by atoms with Crippen molar-refractivity contribution in [3.8, 4) is 23.2 Å². The van der Waals surface area contributed by atoms with E-state index in [1.165, 1.54) is 24.0 Å². The number of benzene rings is 2. The second-order valence-corrected chi connectivity index (χ2v) is 15.6. The van der Waals surface area contributed by atoms with E-state index in [0.29, 0.717) is 34.9 Å². The average Bonchev–Trinajstić information content (AvgIpc) is 3.91. The first-order valence-electron chi connectivity index (χ1n) is 18.6. The van der Waals surface area contributed by atoms with Gasteiger partial charge in [0, 0.05) is 75.9 Å². The molecule has 2 aromatic carbocycles. The number of carbonyl (C=O) groups excluding carboxylic acids is 3. The van der Waals surface area contributed by atoms with Crippen molar-refractivity contribution in [2.75, 3.05) is 50.8 Å². The highest BCUT2D eigenvalue weighted by Crippen LogP contribution is 2.43. The first kappa shape index (κ1) is 36.8. The summed E-state index contributed by atoms with van der Waals surface area (Å²) in [4.78, 5) is 54.2. The van der Waals surface area contributed by atoms with E-state index in [9.17, 15) is 14.4 Å². The number of amides is 3. The number of piperazine rings is 1. The lowest BCUT2D eigenvalue weighted by atomic mass is 10.0. The summed E-state index contributed by atoms with van der Waals surface area (Å²) in [5, 5.41) is 3.13. The lowest BCUT2D eigenvalue weighted by Crippen LogP contribution is -2.44. The lowest BCUT2D eigenvalue weighted by Gasteiger charge is -2.32. The predicted molar refractivity (Wildman–Crippen MR) is 208 cm³/mol. The Morgan fingerprint density at radius 3 is 2.52 bits per heavy atom. The molecule has 2 aromatic heterocycles. The number of imide groups is 1. The van der Waals surface area contributed by atoms with Gasteiger partial charge in [-0.05, 0) is 93.6 Å². The highest BCUT2D eigenvalue weighted by Gasteiger charge is 2.35. The molecule has 54 heavy (non-hydrogen) atoms. The fraction of sp³-hybridized carbons (Fsp3) is 0.405. The van der Waals surface area contributed by atoms with E-state index in [-0.39, 0.29) is 24.8 Å². The molecule has 280 valence electrons. The molecule has 3 N–H and O–H groups in total. The topological polar surface area (TPSA) is 139 Å². The minimum Gasteiger partial charge on any atom is -0.443 e. The Morgan fingerprint density at radius 2 is 1.78 bits per heavy atom. The molecule has 3 aliphatic rings. The molecule has 1 aliphatic carbocycles. The van der Waals surface area contributed by atoms with E-state index in [1.54, 1.807) is 33.0 Å². The number of nitrogen functional groups attached to an aromatic ring is 1. The van der Waals surface area contributed by atoms with Gasteiger partial charge in [-0.25, -0.2) is 19.7 Å². The Morgan fingerprint density at radius 1 is 1.00 bits per heavy atom. The summed E-state index contributed by atoms with van der Waals surface area (Å²) in [6, 6.07) is 15.7. The summed E-state index contributed by atoms with van der Waals surface area (Å²) in [5.74, 6) is 6.52. The smallest absolute Gasteiger partial charge is 0.417 e. The molecule has 12 heteroatoms. The maximum absolute atomic E-state index is 13.4. The Bertz CT molecular complexity index is 2160. The van der Waals surface area contributed by atoms with Crippen molar-refractivity contribution in [1.29, 1.82) is 0 Å². The molecule has 4 aromatic rings. The number of hydrogen-bond donors (Lipinski definition) is 2. The van der Waals surface area contributed by atoms with Gasteiger partial charge in [0.05, 0.1) is 23.2 Å². The summed E-state index contributed by atoms with van der Waals surface area (Å²) in [7, 11) is 4.03. The number of nitrogens with two attached hydrogens (primary N) is 1. The van der Waals surface area contributed by atoms with E-state index in [4.69, 9.17) is 10.5 Å². The second-order valence-electron chi connectivity index (χ2n) is 15.6. The third kappa shape index (κ3) is 8.48. The fourth-order valence-corrected chi connectivity index (χ4v) is 7.12. The van der Waals surface area contributed by atoms with Crippen LogP contribution in [0.4, 0.5) is 16.4 Å². The Hall–Kier alpha value is -5.51. The number of carbonyl (C=O) groups is 3. The quantitative estimate of drug-likeness (QED) is 0.246. The van der Waals surface area contributed by atoms with E-state index < -0.39 is 17.6 Å². The van der Waals surface area contributed by atoms with Crippen LogP contribution in [0.5, 0.6) is 0 Å². The molecule has 0 unspecified atom stereocenters. The maximum atomic E-state index is 13.4. The predicted octanol–water partition coefficient (Wildman–Crippen LogP) is 5.20. The van der Waals surface area contributed by atoms with Gasteiger partial charge >= 0.3 is 6.09 Å². The van der Waals surface area contributed by atoms with Crippen molar-refractivity contribution in [1.82, 2.24) is 29.2 Å². The van der Waals surface area contributed by atoms with Crippen LogP contribution in [0.1, 0.15) is 83.4 Å². The molecule has 3 amide bonds. The zero-order valence-corrected chi connectivity index (χ0v) is 31.7. The molecule has 0 radical (unpaired) electrons. The third-order valence-corrected chi connectivity index (χ3v) is 10.1. The molecular weight excluding hydrogens is 681 g/mol. The van der Waals surface area contributed by atoms with Crippen molar-refractivity contribution in [3.63, 3.8) is 0 Å². The zero-order valence-electron chi connectivity index (χ0n) is 31.7. The lowest BCUT2D eigenvalue weighted by molar-refractivity contribution is -0.115. The van der Waals surface area contributed by atoms with Gasteiger partial charge in [-0.15, -0.1) is 0 Å². The van der Waals surface area contributed by atoms with Crippen LogP contribution in [-0.2, 0) is 36.0 Å². The summed E-state index contributed by atoms with van der Waals surface area (Å²) in [5.41, 5.74) is 13.2. The van der Waals surface area contributed by atoms with Gasteiger partial charge in [-0.3, -0.25) is 14.5 Å². The highest BCUT2D eigenvalue weighted by molar-refractivity contribution is 6.05.